The smallest absolute Gasteiger partial charge is 0.228 e. The second-order valence-electron chi connectivity index (χ2n) is 4.71. The van der Waals surface area contributed by atoms with Gasteiger partial charge in [0, 0.05) is 5.56 Å². The first kappa shape index (κ1) is 13.5. The highest BCUT2D eigenvalue weighted by Gasteiger charge is 2.18. The Kier molecular flexibility index (Phi) is 3.44. The monoisotopic (exact) mass is 324 g/mol. The molecule has 0 saturated heterocycles. The van der Waals surface area contributed by atoms with Gasteiger partial charge in [-0.05, 0) is 30.5 Å². The van der Waals surface area contributed by atoms with Gasteiger partial charge in [-0.15, -0.1) is 11.3 Å². The van der Waals surface area contributed by atoms with Gasteiger partial charge in [-0.1, -0.05) is 42.1 Å². The summed E-state index contributed by atoms with van der Waals surface area (Å²) in [5, 5.41) is 1.70. The molecular formula is C17H12N2OS2. The Morgan fingerprint density at radius 1 is 0.955 bits per heavy atom. The second-order valence-corrected chi connectivity index (χ2v) is 6.52. The maximum atomic E-state index is 5.92. The normalized spacial score (nSPS) is 11.1. The Bertz CT molecular complexity index is 895. The first-order chi connectivity index (χ1) is 10.8. The Balaban J connectivity index is 1.85. The molecule has 0 radical (unpaired) electrons. The zero-order valence-electron chi connectivity index (χ0n) is 11.8. The SMILES string of the molecule is CSc1oc(-c2ccccc2)nc1-c1nc2ccccc2s1. The van der Waals surface area contributed by atoms with Gasteiger partial charge in [-0.2, -0.15) is 0 Å². The molecule has 3 nitrogen and oxygen atoms in total. The van der Waals surface area contributed by atoms with E-state index in [1.165, 1.54) is 0 Å². The summed E-state index contributed by atoms with van der Waals surface area (Å²) >= 11 is 3.19. The van der Waals surface area contributed by atoms with E-state index >= 15 is 0 Å². The Labute approximate surface area is 136 Å². The van der Waals surface area contributed by atoms with Crippen LogP contribution >= 0.6 is 23.1 Å². The van der Waals surface area contributed by atoms with Gasteiger partial charge in [0.1, 0.15) is 5.01 Å². The van der Waals surface area contributed by atoms with Crippen LogP contribution in [0.3, 0.4) is 0 Å². The molecule has 0 unspecified atom stereocenters. The quantitative estimate of drug-likeness (QED) is 0.477. The molecule has 108 valence electrons. The van der Waals surface area contributed by atoms with E-state index in [2.05, 4.69) is 16.0 Å². The molecule has 0 aliphatic heterocycles. The molecule has 22 heavy (non-hydrogen) atoms. The van der Waals surface area contributed by atoms with Crippen molar-refractivity contribution in [2.75, 3.05) is 6.26 Å². The highest BCUT2D eigenvalue weighted by molar-refractivity contribution is 7.98. The lowest BCUT2D eigenvalue weighted by atomic mass is 10.2. The third-order valence-corrected chi connectivity index (χ3v) is 4.99. The van der Waals surface area contributed by atoms with Crippen molar-refractivity contribution >= 4 is 33.3 Å². The number of hydrogen-bond acceptors (Lipinski definition) is 5. The molecule has 0 atom stereocenters. The molecule has 2 aromatic carbocycles. The topological polar surface area (TPSA) is 38.9 Å². The number of nitrogens with zero attached hydrogens (tertiary/aromatic N) is 2. The maximum absolute atomic E-state index is 5.92. The van der Waals surface area contributed by atoms with Crippen LogP contribution in [0.2, 0.25) is 0 Å². The number of thioether (sulfide) groups is 1. The number of fused-ring (bicyclic) bond motifs is 1. The van der Waals surface area contributed by atoms with Crippen molar-refractivity contribution in [1.29, 1.82) is 0 Å². The summed E-state index contributed by atoms with van der Waals surface area (Å²) < 4.78 is 7.08. The largest absolute Gasteiger partial charge is 0.429 e. The molecule has 5 heteroatoms. The molecule has 0 fully saturated rings. The van der Waals surface area contributed by atoms with Gasteiger partial charge < -0.3 is 4.42 Å². The standard InChI is InChI=1S/C17H12N2OS2/c1-21-17-14(16-18-12-9-5-6-10-13(12)22-16)19-15(20-17)11-7-3-2-4-8-11/h2-10H,1H3. The fraction of sp³-hybridized carbons (Fsp3) is 0.0588. The summed E-state index contributed by atoms with van der Waals surface area (Å²) in [5.41, 5.74) is 2.80. The van der Waals surface area contributed by atoms with E-state index < -0.39 is 0 Å². The first-order valence-electron chi connectivity index (χ1n) is 6.81. The van der Waals surface area contributed by atoms with Crippen molar-refractivity contribution in [2.24, 2.45) is 0 Å². The predicted molar refractivity (Wildman–Crippen MR) is 92.3 cm³/mol. The third kappa shape index (κ3) is 2.32. The van der Waals surface area contributed by atoms with Gasteiger partial charge in [0.2, 0.25) is 5.89 Å². The van der Waals surface area contributed by atoms with Crippen molar-refractivity contribution in [1.82, 2.24) is 9.97 Å². The van der Waals surface area contributed by atoms with Gasteiger partial charge in [-0.25, -0.2) is 9.97 Å². The summed E-state index contributed by atoms with van der Waals surface area (Å²) in [7, 11) is 0. The minimum absolute atomic E-state index is 0.638. The van der Waals surface area contributed by atoms with Crippen LogP contribution in [-0.2, 0) is 0 Å². The van der Waals surface area contributed by atoms with Gasteiger partial charge in [0.05, 0.1) is 10.2 Å². The van der Waals surface area contributed by atoms with E-state index in [1.54, 1.807) is 23.1 Å². The average Bonchev–Trinajstić information content (AvgIpc) is 3.19. The Hall–Kier alpha value is -2.11. The summed E-state index contributed by atoms with van der Waals surface area (Å²) in [6, 6.07) is 18.1. The summed E-state index contributed by atoms with van der Waals surface area (Å²) in [6.07, 6.45) is 1.99. The average molecular weight is 324 g/mol. The number of rotatable bonds is 3. The van der Waals surface area contributed by atoms with Crippen LogP contribution < -0.4 is 0 Å². The zero-order valence-corrected chi connectivity index (χ0v) is 13.4. The minimum Gasteiger partial charge on any atom is -0.429 e. The van der Waals surface area contributed by atoms with Gasteiger partial charge >= 0.3 is 0 Å². The molecule has 2 heterocycles. The second kappa shape index (κ2) is 5.59. The van der Waals surface area contributed by atoms with E-state index in [0.717, 1.165) is 31.6 Å². The van der Waals surface area contributed by atoms with Crippen molar-refractivity contribution in [3.8, 4) is 22.2 Å². The lowest BCUT2D eigenvalue weighted by Gasteiger charge is -1.92. The fourth-order valence-corrected chi connectivity index (χ4v) is 3.77. The Morgan fingerprint density at radius 2 is 1.73 bits per heavy atom. The van der Waals surface area contributed by atoms with Gasteiger partial charge in [0.15, 0.2) is 10.8 Å². The molecule has 0 spiro atoms. The summed E-state index contributed by atoms with van der Waals surface area (Å²) in [4.78, 5) is 9.36. The van der Waals surface area contributed by atoms with E-state index in [0.29, 0.717) is 5.89 Å². The lowest BCUT2D eigenvalue weighted by Crippen LogP contribution is -1.79. The molecule has 0 saturated carbocycles. The van der Waals surface area contributed by atoms with Crippen LogP contribution in [0.15, 0.2) is 64.1 Å². The molecule has 4 aromatic rings. The number of hydrogen-bond donors (Lipinski definition) is 0. The number of oxazole rings is 1. The third-order valence-electron chi connectivity index (χ3n) is 3.30. The van der Waals surface area contributed by atoms with Crippen molar-refractivity contribution in [3.05, 3.63) is 54.6 Å². The number of thiazole rings is 1. The summed E-state index contributed by atoms with van der Waals surface area (Å²) in [6.45, 7) is 0. The summed E-state index contributed by atoms with van der Waals surface area (Å²) in [5.74, 6) is 0.638. The van der Waals surface area contributed by atoms with Gasteiger partial charge in [0.25, 0.3) is 0 Å². The maximum Gasteiger partial charge on any atom is 0.228 e. The zero-order chi connectivity index (χ0) is 14.9. The predicted octanol–water partition coefficient (Wildman–Crippen LogP) is 5.34. The van der Waals surface area contributed by atoms with E-state index in [4.69, 9.17) is 4.42 Å². The lowest BCUT2D eigenvalue weighted by molar-refractivity contribution is 0.486. The highest BCUT2D eigenvalue weighted by Crippen LogP contribution is 2.37. The van der Waals surface area contributed by atoms with Crippen LogP contribution in [0.1, 0.15) is 0 Å². The molecule has 0 N–H and O–H groups in total. The number of para-hydroxylation sites is 1. The first-order valence-corrected chi connectivity index (χ1v) is 8.85. The molecule has 4 rings (SSSR count). The highest BCUT2D eigenvalue weighted by atomic mass is 32.2. The molecule has 2 aromatic heterocycles. The van der Waals surface area contributed by atoms with E-state index in [-0.39, 0.29) is 0 Å². The van der Waals surface area contributed by atoms with Gasteiger partial charge in [-0.3, -0.25) is 0 Å². The molecule has 0 aliphatic rings. The molecule has 0 amide bonds. The van der Waals surface area contributed by atoms with E-state index in [1.807, 2.05) is 54.8 Å². The van der Waals surface area contributed by atoms with Crippen molar-refractivity contribution in [3.63, 3.8) is 0 Å². The van der Waals surface area contributed by atoms with Crippen molar-refractivity contribution in [2.45, 2.75) is 5.09 Å². The number of benzene rings is 2. The van der Waals surface area contributed by atoms with Crippen LogP contribution in [-0.4, -0.2) is 16.2 Å². The van der Waals surface area contributed by atoms with Crippen LogP contribution in [0, 0.1) is 0 Å². The number of aromatic nitrogens is 2. The van der Waals surface area contributed by atoms with Crippen molar-refractivity contribution < 1.29 is 4.42 Å². The molecule has 0 bridgehead atoms. The van der Waals surface area contributed by atoms with Crippen LogP contribution in [0.5, 0.6) is 0 Å². The molecular weight excluding hydrogens is 312 g/mol. The van der Waals surface area contributed by atoms with E-state index in [9.17, 15) is 0 Å². The molecule has 0 aliphatic carbocycles. The minimum atomic E-state index is 0.638. The van der Waals surface area contributed by atoms with Crippen LogP contribution in [0.25, 0.3) is 32.4 Å². The fourth-order valence-electron chi connectivity index (χ4n) is 2.26. The van der Waals surface area contributed by atoms with Crippen LogP contribution in [0.4, 0.5) is 0 Å². The Morgan fingerprint density at radius 3 is 2.50 bits per heavy atom.